The van der Waals surface area contributed by atoms with E-state index in [2.05, 4.69) is 9.88 Å². The van der Waals surface area contributed by atoms with Crippen molar-refractivity contribution >= 4 is 42.4 Å². The van der Waals surface area contributed by atoms with Crippen LogP contribution in [0.5, 0.6) is 5.75 Å². The molecule has 170 valence electrons. The Morgan fingerprint density at radius 2 is 1.94 bits per heavy atom. The van der Waals surface area contributed by atoms with Crippen LogP contribution in [0.2, 0.25) is 0 Å². The van der Waals surface area contributed by atoms with Crippen LogP contribution in [-0.2, 0) is 19.4 Å². The molecule has 4 rings (SSSR count). The molecule has 1 aliphatic heterocycles. The second-order valence-corrected chi connectivity index (χ2v) is 10.5. The first-order valence-electron chi connectivity index (χ1n) is 10.3. The summed E-state index contributed by atoms with van der Waals surface area (Å²) in [7, 11) is -3.33. The van der Waals surface area contributed by atoms with Crippen LogP contribution in [-0.4, -0.2) is 76.5 Å². The molecule has 8 nitrogen and oxygen atoms in total. The van der Waals surface area contributed by atoms with Gasteiger partial charge in [0.25, 0.3) is 5.91 Å². The monoisotopic (exact) mass is 475 g/mol. The van der Waals surface area contributed by atoms with Crippen molar-refractivity contribution in [2.24, 2.45) is 0 Å². The molecule has 0 aliphatic carbocycles. The number of rotatable bonds is 8. The van der Waals surface area contributed by atoms with Gasteiger partial charge in [-0.15, -0.1) is 0 Å². The number of anilines is 1. The van der Waals surface area contributed by atoms with Crippen molar-refractivity contribution in [3.63, 3.8) is 0 Å². The van der Waals surface area contributed by atoms with Gasteiger partial charge in [0.1, 0.15) is 5.75 Å². The van der Waals surface area contributed by atoms with Crippen LogP contribution in [0.15, 0.2) is 53.4 Å². The average molecular weight is 476 g/mol. The van der Waals surface area contributed by atoms with Crippen molar-refractivity contribution in [1.82, 2.24) is 9.88 Å². The van der Waals surface area contributed by atoms with Crippen molar-refractivity contribution in [3.8, 4) is 5.75 Å². The third-order valence-corrected chi connectivity index (χ3v) is 7.31. The zero-order valence-electron chi connectivity index (χ0n) is 17.8. The number of hydrogen-bond acceptors (Lipinski definition) is 8. The van der Waals surface area contributed by atoms with E-state index in [1.807, 2.05) is 18.2 Å². The Labute approximate surface area is 191 Å². The second-order valence-electron chi connectivity index (χ2n) is 7.50. The van der Waals surface area contributed by atoms with E-state index in [4.69, 9.17) is 9.47 Å². The van der Waals surface area contributed by atoms with Gasteiger partial charge in [0.05, 0.1) is 28.3 Å². The largest absolute Gasteiger partial charge is 0.484 e. The minimum absolute atomic E-state index is 0.113. The lowest BCUT2D eigenvalue weighted by Gasteiger charge is -2.29. The van der Waals surface area contributed by atoms with Gasteiger partial charge < -0.3 is 9.47 Å². The number of aromatic nitrogens is 1. The maximum absolute atomic E-state index is 13.1. The molecule has 1 aliphatic rings. The first-order valence-corrected chi connectivity index (χ1v) is 13.0. The lowest BCUT2D eigenvalue weighted by Crippen LogP contribution is -2.44. The van der Waals surface area contributed by atoms with Gasteiger partial charge in [-0.05, 0) is 30.3 Å². The van der Waals surface area contributed by atoms with E-state index in [0.29, 0.717) is 42.7 Å². The Hall–Kier alpha value is -2.53. The number of fused-ring (bicyclic) bond motifs is 1. The van der Waals surface area contributed by atoms with Crippen LogP contribution in [0.25, 0.3) is 10.2 Å². The molecule has 0 radical (unpaired) electrons. The van der Waals surface area contributed by atoms with Crippen LogP contribution >= 0.6 is 11.3 Å². The number of ether oxygens (including phenoxy) is 2. The fraction of sp³-hybridized carbons (Fsp3) is 0.364. The minimum Gasteiger partial charge on any atom is -0.484 e. The van der Waals surface area contributed by atoms with Crippen molar-refractivity contribution < 1.29 is 22.7 Å². The molecule has 0 unspecified atom stereocenters. The Kier molecular flexibility index (Phi) is 7.04. The number of thiazole rings is 1. The molecular formula is C22H25N3O5S2. The average Bonchev–Trinajstić information content (AvgIpc) is 3.21. The summed E-state index contributed by atoms with van der Waals surface area (Å²) < 4.78 is 35.6. The van der Waals surface area contributed by atoms with Gasteiger partial charge in [-0.1, -0.05) is 29.5 Å². The second kappa shape index (κ2) is 9.95. The number of carbonyl (C=O) groups is 1. The van der Waals surface area contributed by atoms with E-state index < -0.39 is 9.84 Å². The van der Waals surface area contributed by atoms with E-state index in [9.17, 15) is 13.2 Å². The zero-order chi connectivity index (χ0) is 22.6. The Bertz CT molecular complexity index is 1170. The molecule has 0 spiro atoms. The zero-order valence-corrected chi connectivity index (χ0v) is 19.4. The molecule has 1 fully saturated rings. The molecule has 0 bridgehead atoms. The molecule has 2 aromatic carbocycles. The Morgan fingerprint density at radius 3 is 2.66 bits per heavy atom. The summed E-state index contributed by atoms with van der Waals surface area (Å²) in [5.41, 5.74) is 0.658. The van der Waals surface area contributed by atoms with E-state index in [1.54, 1.807) is 35.2 Å². The van der Waals surface area contributed by atoms with Gasteiger partial charge in [0.15, 0.2) is 21.6 Å². The number of benzene rings is 2. The van der Waals surface area contributed by atoms with Crippen LogP contribution in [0, 0.1) is 0 Å². The third-order valence-electron chi connectivity index (χ3n) is 5.16. The number of carbonyl (C=O) groups excluding carboxylic acids is 1. The van der Waals surface area contributed by atoms with E-state index >= 15 is 0 Å². The third kappa shape index (κ3) is 5.63. The summed E-state index contributed by atoms with van der Waals surface area (Å²) in [6.45, 7) is 4.03. The molecular weight excluding hydrogens is 450 g/mol. The lowest BCUT2D eigenvalue weighted by molar-refractivity contribution is -0.120. The fourth-order valence-electron chi connectivity index (χ4n) is 3.37. The first-order chi connectivity index (χ1) is 15.4. The van der Waals surface area contributed by atoms with Crippen molar-refractivity contribution in [3.05, 3.63) is 48.5 Å². The molecule has 1 saturated heterocycles. The Morgan fingerprint density at radius 1 is 1.19 bits per heavy atom. The smallest absolute Gasteiger partial charge is 0.266 e. The molecule has 1 aromatic heterocycles. The van der Waals surface area contributed by atoms with Crippen LogP contribution < -0.4 is 9.64 Å². The van der Waals surface area contributed by atoms with Crippen molar-refractivity contribution in [2.45, 2.75) is 4.90 Å². The quantitative estimate of drug-likeness (QED) is 0.494. The van der Waals surface area contributed by atoms with Gasteiger partial charge in [0.2, 0.25) is 0 Å². The molecule has 10 heteroatoms. The van der Waals surface area contributed by atoms with Gasteiger partial charge in [-0.2, -0.15) is 0 Å². The molecule has 1 amide bonds. The van der Waals surface area contributed by atoms with Gasteiger partial charge in [-0.25, -0.2) is 13.4 Å². The topological polar surface area (TPSA) is 89.0 Å². The molecule has 0 N–H and O–H groups in total. The number of morpholine rings is 1. The number of amides is 1. The van der Waals surface area contributed by atoms with Crippen LogP contribution in [0.1, 0.15) is 0 Å². The summed E-state index contributed by atoms with van der Waals surface area (Å²) >= 11 is 1.30. The highest BCUT2D eigenvalue weighted by atomic mass is 32.2. The van der Waals surface area contributed by atoms with Gasteiger partial charge in [-0.3, -0.25) is 14.6 Å². The minimum atomic E-state index is -3.33. The SMILES string of the molecule is CS(=O)(=O)c1ccc2nc(N(CCN3CCOCC3)C(=O)COc3ccccc3)sc2c1. The summed E-state index contributed by atoms with van der Waals surface area (Å²) in [5.74, 6) is 0.417. The number of para-hydroxylation sites is 1. The Balaban J connectivity index is 1.56. The standard InChI is InChI=1S/C22H25N3O5S2/c1-32(27,28)18-7-8-19-20(15-18)31-22(23-19)25(10-9-24-11-13-29-14-12-24)21(26)16-30-17-5-3-2-4-6-17/h2-8,15H,9-14,16H2,1H3. The number of nitrogens with zero attached hydrogens (tertiary/aromatic N) is 3. The maximum Gasteiger partial charge on any atom is 0.266 e. The van der Waals surface area contributed by atoms with Gasteiger partial charge in [0, 0.05) is 32.4 Å². The van der Waals surface area contributed by atoms with Crippen LogP contribution in [0.4, 0.5) is 5.13 Å². The van der Waals surface area contributed by atoms with Crippen molar-refractivity contribution in [1.29, 1.82) is 0 Å². The molecule has 3 aromatic rings. The summed E-state index contributed by atoms with van der Waals surface area (Å²) in [5, 5.41) is 0.528. The predicted molar refractivity (Wildman–Crippen MR) is 124 cm³/mol. The number of sulfone groups is 1. The summed E-state index contributed by atoms with van der Waals surface area (Å²) in [4.78, 5) is 21.8. The van der Waals surface area contributed by atoms with Crippen LogP contribution in [0.3, 0.4) is 0 Å². The molecule has 2 heterocycles. The molecule has 0 atom stereocenters. The number of hydrogen-bond donors (Lipinski definition) is 0. The maximum atomic E-state index is 13.1. The van der Waals surface area contributed by atoms with E-state index in [0.717, 1.165) is 17.8 Å². The molecule has 0 saturated carbocycles. The normalized spacial score (nSPS) is 15.0. The van der Waals surface area contributed by atoms with Gasteiger partial charge >= 0.3 is 0 Å². The van der Waals surface area contributed by atoms with E-state index in [1.165, 1.54) is 17.6 Å². The highest BCUT2D eigenvalue weighted by Crippen LogP contribution is 2.31. The highest BCUT2D eigenvalue weighted by Gasteiger charge is 2.22. The summed E-state index contributed by atoms with van der Waals surface area (Å²) in [6.07, 6.45) is 1.18. The predicted octanol–water partition coefficient (Wildman–Crippen LogP) is 2.44. The lowest BCUT2D eigenvalue weighted by atomic mass is 10.3. The highest BCUT2D eigenvalue weighted by molar-refractivity contribution is 7.90. The first kappa shape index (κ1) is 22.7. The molecule has 32 heavy (non-hydrogen) atoms. The fourth-order valence-corrected chi connectivity index (χ4v) is 5.14. The van der Waals surface area contributed by atoms with Crippen molar-refractivity contribution in [2.75, 3.05) is 57.2 Å². The summed E-state index contributed by atoms with van der Waals surface area (Å²) in [6, 6.07) is 14.0. The van der Waals surface area contributed by atoms with E-state index in [-0.39, 0.29) is 17.4 Å².